The fourth-order valence-electron chi connectivity index (χ4n) is 1.88. The van der Waals surface area contributed by atoms with E-state index in [0.29, 0.717) is 6.61 Å². The molecule has 0 saturated heterocycles. The molecule has 19 heavy (non-hydrogen) atoms. The highest BCUT2D eigenvalue weighted by Crippen LogP contribution is 2.17. The lowest BCUT2D eigenvalue weighted by Gasteiger charge is -2.08. The number of nitrogens with zero attached hydrogens (tertiary/aromatic N) is 2. The van der Waals surface area contributed by atoms with Crippen molar-refractivity contribution in [3.05, 3.63) is 28.5 Å². The fraction of sp³-hybridized carbons (Fsp3) is 0.571. The van der Waals surface area contributed by atoms with Crippen LogP contribution in [0.2, 0.25) is 0 Å². The van der Waals surface area contributed by atoms with Crippen LogP contribution in [0.3, 0.4) is 0 Å². The van der Waals surface area contributed by atoms with Crippen molar-refractivity contribution < 1.29 is 9.57 Å². The van der Waals surface area contributed by atoms with Crippen LogP contribution >= 0.6 is 15.9 Å². The highest BCUT2D eigenvalue weighted by Gasteiger charge is 2.22. The van der Waals surface area contributed by atoms with Crippen LogP contribution in [0.1, 0.15) is 38.3 Å². The third-order valence-corrected chi connectivity index (χ3v) is 3.42. The first-order valence-electron chi connectivity index (χ1n) is 6.72. The van der Waals surface area contributed by atoms with Crippen LogP contribution in [-0.4, -0.2) is 30.0 Å². The van der Waals surface area contributed by atoms with Gasteiger partial charge in [-0.25, -0.2) is 0 Å². The molecule has 0 saturated carbocycles. The first-order chi connectivity index (χ1) is 9.29. The van der Waals surface area contributed by atoms with Gasteiger partial charge in [0.05, 0.1) is 12.3 Å². The molecule has 104 valence electrons. The van der Waals surface area contributed by atoms with Crippen molar-refractivity contribution in [3.63, 3.8) is 0 Å². The summed E-state index contributed by atoms with van der Waals surface area (Å²) in [5.74, 6) is 0. The van der Waals surface area contributed by atoms with Crippen LogP contribution in [0.4, 0.5) is 0 Å². The molecule has 0 fully saturated rings. The van der Waals surface area contributed by atoms with E-state index in [9.17, 15) is 0 Å². The number of aromatic nitrogens is 1. The van der Waals surface area contributed by atoms with Gasteiger partial charge in [0.2, 0.25) is 0 Å². The van der Waals surface area contributed by atoms with Crippen molar-refractivity contribution in [2.45, 2.75) is 38.7 Å². The predicted octanol–water partition coefficient (Wildman–Crippen LogP) is 3.54. The van der Waals surface area contributed by atoms with Gasteiger partial charge < -0.3 is 9.57 Å². The Labute approximate surface area is 122 Å². The van der Waals surface area contributed by atoms with E-state index in [1.807, 2.05) is 12.1 Å². The van der Waals surface area contributed by atoms with Gasteiger partial charge in [-0.15, -0.1) is 0 Å². The molecule has 1 aliphatic heterocycles. The Bertz CT molecular complexity index is 420. The smallest absolute Gasteiger partial charge is 0.156 e. The highest BCUT2D eigenvalue weighted by atomic mass is 79.9. The van der Waals surface area contributed by atoms with Gasteiger partial charge in [-0.05, 0) is 34.5 Å². The van der Waals surface area contributed by atoms with E-state index in [4.69, 9.17) is 9.57 Å². The van der Waals surface area contributed by atoms with Gasteiger partial charge in [0.25, 0.3) is 0 Å². The van der Waals surface area contributed by atoms with E-state index < -0.39 is 0 Å². The van der Waals surface area contributed by atoms with Crippen LogP contribution in [0.15, 0.2) is 28.0 Å². The zero-order valence-corrected chi connectivity index (χ0v) is 12.7. The second kappa shape index (κ2) is 7.60. The maximum absolute atomic E-state index is 5.60. The molecule has 0 aromatic carbocycles. The molecule has 1 aromatic rings. The van der Waals surface area contributed by atoms with Crippen molar-refractivity contribution in [1.82, 2.24) is 4.98 Å². The van der Waals surface area contributed by atoms with Crippen LogP contribution in [0, 0.1) is 0 Å². The van der Waals surface area contributed by atoms with Crippen molar-refractivity contribution in [2.75, 3.05) is 13.2 Å². The summed E-state index contributed by atoms with van der Waals surface area (Å²) in [6.45, 7) is 3.60. The molecule has 1 atom stereocenters. The molecule has 0 unspecified atom stereocenters. The molecule has 1 aromatic heterocycles. The summed E-state index contributed by atoms with van der Waals surface area (Å²) in [6, 6.07) is 3.90. The van der Waals surface area contributed by atoms with E-state index in [1.54, 1.807) is 6.20 Å². The molecular weight excluding hydrogens is 308 g/mol. The van der Waals surface area contributed by atoms with Crippen LogP contribution in [0.25, 0.3) is 0 Å². The molecule has 0 amide bonds. The first-order valence-corrected chi connectivity index (χ1v) is 7.51. The number of hydrogen-bond acceptors (Lipinski definition) is 4. The van der Waals surface area contributed by atoms with E-state index >= 15 is 0 Å². The quantitative estimate of drug-likeness (QED) is 0.720. The summed E-state index contributed by atoms with van der Waals surface area (Å²) in [5, 5.41) is 4.09. The number of pyridine rings is 1. The molecule has 0 aliphatic carbocycles. The standard InChI is InChI=1S/C14H19BrN2O2/c1-2-3-4-7-18-10-12-8-14(17-19-12)13-6-5-11(15)9-16-13/h5-6,9,12H,2-4,7-8,10H2,1H3/t12-/m0/s1. The van der Waals surface area contributed by atoms with Crippen molar-refractivity contribution in [2.24, 2.45) is 5.16 Å². The Balaban J connectivity index is 1.72. The Morgan fingerprint density at radius 3 is 3.05 bits per heavy atom. The Hall–Kier alpha value is -0.940. The fourth-order valence-corrected chi connectivity index (χ4v) is 2.12. The Morgan fingerprint density at radius 2 is 2.32 bits per heavy atom. The van der Waals surface area contributed by atoms with Crippen molar-refractivity contribution >= 4 is 21.6 Å². The van der Waals surface area contributed by atoms with Crippen LogP contribution in [0.5, 0.6) is 0 Å². The highest BCUT2D eigenvalue weighted by molar-refractivity contribution is 9.10. The molecular formula is C14H19BrN2O2. The van der Waals surface area contributed by atoms with Gasteiger partial charge in [0.1, 0.15) is 5.71 Å². The lowest BCUT2D eigenvalue weighted by Crippen LogP contribution is -2.17. The van der Waals surface area contributed by atoms with Crippen LogP contribution < -0.4 is 0 Å². The molecule has 0 N–H and O–H groups in total. The number of hydrogen-bond donors (Lipinski definition) is 0. The van der Waals surface area contributed by atoms with E-state index in [1.165, 1.54) is 12.8 Å². The second-order valence-electron chi connectivity index (χ2n) is 4.61. The molecule has 0 spiro atoms. The minimum atomic E-state index is 0.0297. The Morgan fingerprint density at radius 1 is 1.42 bits per heavy atom. The zero-order valence-electron chi connectivity index (χ0n) is 11.1. The number of ether oxygens (including phenoxy) is 1. The number of oxime groups is 1. The summed E-state index contributed by atoms with van der Waals surface area (Å²) in [5.41, 5.74) is 1.77. The molecule has 2 rings (SSSR count). The monoisotopic (exact) mass is 326 g/mol. The molecule has 4 nitrogen and oxygen atoms in total. The van der Waals surface area contributed by atoms with Gasteiger partial charge in [0.15, 0.2) is 6.10 Å². The number of rotatable bonds is 7. The summed E-state index contributed by atoms with van der Waals surface area (Å²) < 4.78 is 6.56. The number of unbranched alkanes of at least 4 members (excludes halogenated alkanes) is 2. The van der Waals surface area contributed by atoms with E-state index in [2.05, 4.69) is 33.0 Å². The average Bonchev–Trinajstić information content (AvgIpc) is 2.88. The summed E-state index contributed by atoms with van der Waals surface area (Å²) >= 11 is 3.37. The maximum Gasteiger partial charge on any atom is 0.156 e. The minimum absolute atomic E-state index is 0.0297. The topological polar surface area (TPSA) is 43.7 Å². The van der Waals surface area contributed by atoms with E-state index in [0.717, 1.165) is 35.3 Å². The maximum atomic E-state index is 5.60. The lowest BCUT2D eigenvalue weighted by molar-refractivity contribution is 0.00201. The predicted molar refractivity (Wildman–Crippen MR) is 78.3 cm³/mol. The summed E-state index contributed by atoms with van der Waals surface area (Å²) in [6.07, 6.45) is 6.11. The van der Waals surface area contributed by atoms with Crippen molar-refractivity contribution in [1.29, 1.82) is 0 Å². The van der Waals surface area contributed by atoms with Gasteiger partial charge in [-0.2, -0.15) is 0 Å². The van der Waals surface area contributed by atoms with Gasteiger partial charge >= 0.3 is 0 Å². The van der Waals surface area contributed by atoms with Gasteiger partial charge in [-0.3, -0.25) is 4.98 Å². The molecule has 5 heteroatoms. The largest absolute Gasteiger partial charge is 0.389 e. The second-order valence-corrected chi connectivity index (χ2v) is 5.53. The van der Waals surface area contributed by atoms with E-state index in [-0.39, 0.29) is 6.10 Å². The summed E-state index contributed by atoms with van der Waals surface area (Å²) in [4.78, 5) is 9.69. The molecule has 0 radical (unpaired) electrons. The Kier molecular flexibility index (Phi) is 5.79. The average molecular weight is 327 g/mol. The van der Waals surface area contributed by atoms with Crippen molar-refractivity contribution in [3.8, 4) is 0 Å². The molecule has 1 aliphatic rings. The lowest BCUT2D eigenvalue weighted by atomic mass is 10.1. The van der Waals surface area contributed by atoms with Gasteiger partial charge in [-0.1, -0.05) is 24.9 Å². The SMILES string of the molecule is CCCCCOC[C@@H]1CC(c2ccc(Br)cn2)=NO1. The zero-order chi connectivity index (χ0) is 13.5. The minimum Gasteiger partial charge on any atom is -0.389 e. The molecule has 2 heterocycles. The molecule has 0 bridgehead atoms. The van der Waals surface area contributed by atoms with Gasteiger partial charge in [0, 0.05) is 23.7 Å². The normalized spacial score (nSPS) is 18.2. The first kappa shape index (κ1) is 14.5. The third-order valence-electron chi connectivity index (χ3n) is 2.95. The van der Waals surface area contributed by atoms with Crippen LogP contribution in [-0.2, 0) is 9.57 Å². The summed E-state index contributed by atoms with van der Waals surface area (Å²) in [7, 11) is 0. The number of halogens is 1. The third kappa shape index (κ3) is 4.58.